The van der Waals surface area contributed by atoms with Crippen LogP contribution in [0.3, 0.4) is 0 Å². The van der Waals surface area contributed by atoms with Gasteiger partial charge in [0.25, 0.3) is 0 Å². The molecule has 0 atom stereocenters. The van der Waals surface area contributed by atoms with E-state index in [4.69, 9.17) is 9.47 Å². The number of hydrogen-bond acceptors (Lipinski definition) is 4. The first-order chi connectivity index (χ1) is 13.2. The predicted molar refractivity (Wildman–Crippen MR) is 124 cm³/mol. The molecule has 0 saturated heterocycles. The zero-order valence-corrected chi connectivity index (χ0v) is 19.3. The molecule has 1 heterocycles. The first-order valence-electron chi connectivity index (χ1n) is 9.43. The Balaban J connectivity index is 0.00000392. The molecule has 2 N–H and O–H groups in total. The second-order valence-corrected chi connectivity index (χ2v) is 6.20. The number of aromatic nitrogens is 2. The Morgan fingerprint density at radius 3 is 2.57 bits per heavy atom. The number of aliphatic imine (C=N–C) groups is 1. The minimum atomic E-state index is 0. The highest BCUT2D eigenvalue weighted by molar-refractivity contribution is 14.0. The van der Waals surface area contributed by atoms with E-state index in [0.29, 0.717) is 6.54 Å². The van der Waals surface area contributed by atoms with Crippen molar-refractivity contribution >= 4 is 29.9 Å². The van der Waals surface area contributed by atoms with Crippen molar-refractivity contribution in [2.75, 3.05) is 33.4 Å². The largest absolute Gasteiger partial charge is 0.497 e. The molecule has 7 nitrogen and oxygen atoms in total. The molecule has 1 aromatic carbocycles. The van der Waals surface area contributed by atoms with Gasteiger partial charge in [0.1, 0.15) is 5.75 Å². The molecule has 0 unspecified atom stereocenters. The molecule has 0 aliphatic rings. The quantitative estimate of drug-likeness (QED) is 0.215. The van der Waals surface area contributed by atoms with Crippen LogP contribution in [-0.4, -0.2) is 49.2 Å². The molecule has 1 aromatic heterocycles. The number of aryl methyl sites for hydroxylation is 1. The molecule has 156 valence electrons. The number of hydrogen-bond donors (Lipinski definition) is 2. The molecule has 0 radical (unpaired) electrons. The maximum Gasteiger partial charge on any atom is 0.191 e. The van der Waals surface area contributed by atoms with Crippen LogP contribution in [0.5, 0.6) is 5.75 Å². The standard InChI is InChI=1S/C20H31N5O2.HI/c1-4-27-13-5-10-21-20(22-11-12-25-16-17(2)14-24-25)23-15-18-6-8-19(26-3)9-7-18;/h6-9,14,16H,4-5,10-13,15H2,1-3H3,(H2,21,22,23);1H. The Hall–Kier alpha value is -1.81. The van der Waals surface area contributed by atoms with Crippen LogP contribution >= 0.6 is 24.0 Å². The number of benzene rings is 1. The Kier molecular flexibility index (Phi) is 12.3. The minimum absolute atomic E-state index is 0. The van der Waals surface area contributed by atoms with Gasteiger partial charge in [0.15, 0.2) is 5.96 Å². The summed E-state index contributed by atoms with van der Waals surface area (Å²) in [5, 5.41) is 11.0. The van der Waals surface area contributed by atoms with Gasteiger partial charge >= 0.3 is 0 Å². The van der Waals surface area contributed by atoms with E-state index in [1.807, 2.05) is 55.2 Å². The van der Waals surface area contributed by atoms with E-state index >= 15 is 0 Å². The fourth-order valence-corrected chi connectivity index (χ4v) is 2.48. The van der Waals surface area contributed by atoms with Crippen molar-refractivity contribution in [2.45, 2.75) is 33.4 Å². The van der Waals surface area contributed by atoms with Crippen LogP contribution in [-0.2, 0) is 17.8 Å². The summed E-state index contributed by atoms with van der Waals surface area (Å²) in [6.45, 7) is 8.51. The summed E-state index contributed by atoms with van der Waals surface area (Å²) >= 11 is 0. The molecule has 0 aliphatic heterocycles. The van der Waals surface area contributed by atoms with Crippen molar-refractivity contribution in [1.82, 2.24) is 20.4 Å². The van der Waals surface area contributed by atoms with Crippen molar-refractivity contribution in [1.29, 1.82) is 0 Å². The maximum absolute atomic E-state index is 5.38. The topological polar surface area (TPSA) is 72.7 Å². The number of ether oxygens (including phenoxy) is 2. The van der Waals surface area contributed by atoms with Gasteiger partial charge in [-0.1, -0.05) is 12.1 Å². The van der Waals surface area contributed by atoms with E-state index in [2.05, 4.69) is 20.7 Å². The molecule has 0 fully saturated rings. The Bertz CT molecular complexity index is 688. The van der Waals surface area contributed by atoms with Crippen LogP contribution in [0.15, 0.2) is 41.7 Å². The average molecular weight is 501 g/mol. The van der Waals surface area contributed by atoms with Crippen molar-refractivity contribution in [3.8, 4) is 5.75 Å². The van der Waals surface area contributed by atoms with Gasteiger partial charge in [0, 0.05) is 32.5 Å². The van der Waals surface area contributed by atoms with Crippen molar-refractivity contribution in [3.05, 3.63) is 47.8 Å². The zero-order chi connectivity index (χ0) is 19.3. The van der Waals surface area contributed by atoms with Gasteiger partial charge in [0.2, 0.25) is 0 Å². The smallest absolute Gasteiger partial charge is 0.191 e. The summed E-state index contributed by atoms with van der Waals surface area (Å²) in [4.78, 5) is 4.69. The van der Waals surface area contributed by atoms with Gasteiger partial charge < -0.3 is 20.1 Å². The first kappa shape index (κ1) is 24.2. The highest BCUT2D eigenvalue weighted by Gasteiger charge is 2.01. The maximum atomic E-state index is 5.38. The summed E-state index contributed by atoms with van der Waals surface area (Å²) in [7, 11) is 1.67. The molecule has 2 aromatic rings. The number of rotatable bonds is 11. The predicted octanol–water partition coefficient (Wildman–Crippen LogP) is 2.98. The van der Waals surface area contributed by atoms with Crippen molar-refractivity contribution in [2.24, 2.45) is 4.99 Å². The van der Waals surface area contributed by atoms with E-state index in [1.165, 1.54) is 0 Å². The molecule has 0 spiro atoms. The highest BCUT2D eigenvalue weighted by atomic mass is 127. The molecule has 0 amide bonds. The van der Waals surface area contributed by atoms with Crippen LogP contribution in [0.2, 0.25) is 0 Å². The minimum Gasteiger partial charge on any atom is -0.497 e. The lowest BCUT2D eigenvalue weighted by atomic mass is 10.2. The zero-order valence-electron chi connectivity index (χ0n) is 17.0. The van der Waals surface area contributed by atoms with Gasteiger partial charge in [-0.15, -0.1) is 24.0 Å². The first-order valence-corrected chi connectivity index (χ1v) is 9.43. The van der Waals surface area contributed by atoms with Gasteiger partial charge in [-0.25, -0.2) is 4.99 Å². The molecule has 2 rings (SSSR count). The van der Waals surface area contributed by atoms with E-state index in [9.17, 15) is 0 Å². The molecule has 0 saturated carbocycles. The molecule has 0 aliphatic carbocycles. The number of halogens is 1. The van der Waals surface area contributed by atoms with Gasteiger partial charge in [-0.3, -0.25) is 4.68 Å². The number of nitrogens with one attached hydrogen (secondary N) is 2. The molecule has 8 heteroatoms. The lowest BCUT2D eigenvalue weighted by molar-refractivity contribution is 0.145. The fourth-order valence-electron chi connectivity index (χ4n) is 2.48. The SMILES string of the molecule is CCOCCCNC(=NCc1ccc(OC)cc1)NCCn1cc(C)cn1.I. The van der Waals surface area contributed by atoms with Gasteiger partial charge in [-0.05, 0) is 43.5 Å². The van der Waals surface area contributed by atoms with Crippen molar-refractivity contribution in [3.63, 3.8) is 0 Å². The van der Waals surface area contributed by atoms with Crippen LogP contribution in [0.1, 0.15) is 24.5 Å². The van der Waals surface area contributed by atoms with E-state index < -0.39 is 0 Å². The number of methoxy groups -OCH3 is 1. The Morgan fingerprint density at radius 1 is 1.18 bits per heavy atom. The van der Waals surface area contributed by atoms with Crippen LogP contribution in [0.25, 0.3) is 0 Å². The second-order valence-electron chi connectivity index (χ2n) is 6.20. The van der Waals surface area contributed by atoms with Crippen LogP contribution in [0, 0.1) is 6.92 Å². The lowest BCUT2D eigenvalue weighted by Crippen LogP contribution is -2.39. The van der Waals surface area contributed by atoms with Crippen LogP contribution < -0.4 is 15.4 Å². The number of nitrogens with zero attached hydrogens (tertiary/aromatic N) is 3. The highest BCUT2D eigenvalue weighted by Crippen LogP contribution is 2.11. The molecular weight excluding hydrogens is 469 g/mol. The molecular formula is C20H32IN5O2. The average Bonchev–Trinajstić information content (AvgIpc) is 3.11. The number of guanidine groups is 1. The van der Waals surface area contributed by atoms with E-state index in [-0.39, 0.29) is 24.0 Å². The van der Waals surface area contributed by atoms with Crippen molar-refractivity contribution < 1.29 is 9.47 Å². The second kappa shape index (κ2) is 14.2. The van der Waals surface area contributed by atoms with E-state index in [1.54, 1.807) is 7.11 Å². The summed E-state index contributed by atoms with van der Waals surface area (Å²) in [5.74, 6) is 1.65. The summed E-state index contributed by atoms with van der Waals surface area (Å²) in [6, 6.07) is 7.96. The van der Waals surface area contributed by atoms with Gasteiger partial charge in [0.05, 0.1) is 26.4 Å². The summed E-state index contributed by atoms with van der Waals surface area (Å²) < 4.78 is 12.5. The fraction of sp³-hybridized carbons (Fsp3) is 0.500. The van der Waals surface area contributed by atoms with Crippen LogP contribution in [0.4, 0.5) is 0 Å². The third kappa shape index (κ3) is 9.41. The third-order valence-electron chi connectivity index (χ3n) is 3.94. The molecule has 0 bridgehead atoms. The monoisotopic (exact) mass is 501 g/mol. The Labute approximate surface area is 184 Å². The summed E-state index contributed by atoms with van der Waals surface area (Å²) in [5.41, 5.74) is 2.30. The van der Waals surface area contributed by atoms with Gasteiger partial charge in [-0.2, -0.15) is 5.10 Å². The lowest BCUT2D eigenvalue weighted by Gasteiger charge is -2.13. The normalized spacial score (nSPS) is 11.0. The molecule has 28 heavy (non-hydrogen) atoms. The summed E-state index contributed by atoms with van der Waals surface area (Å²) in [6.07, 6.45) is 4.84. The Morgan fingerprint density at radius 2 is 1.93 bits per heavy atom. The third-order valence-corrected chi connectivity index (χ3v) is 3.94. The van der Waals surface area contributed by atoms with E-state index in [0.717, 1.165) is 62.1 Å².